The summed E-state index contributed by atoms with van der Waals surface area (Å²) in [4.78, 5) is 24.5. The Kier molecular flexibility index (Phi) is 6.54. The minimum absolute atomic E-state index is 0.0846. The van der Waals surface area contributed by atoms with Crippen molar-refractivity contribution >= 4 is 17.6 Å². The van der Waals surface area contributed by atoms with E-state index in [2.05, 4.69) is 11.4 Å². The van der Waals surface area contributed by atoms with Crippen LogP contribution in [0.2, 0.25) is 0 Å². The minimum Gasteiger partial charge on any atom is -0.461 e. The number of hydrogen-bond donors (Lipinski definition) is 1. The molecule has 9 heteroatoms. The van der Waals surface area contributed by atoms with Crippen LogP contribution >= 0.6 is 0 Å². The third-order valence-electron chi connectivity index (χ3n) is 5.70. The number of anilines is 1. The van der Waals surface area contributed by atoms with Gasteiger partial charge in [-0.15, -0.1) is 0 Å². The fourth-order valence-electron chi connectivity index (χ4n) is 4.10. The van der Waals surface area contributed by atoms with Crippen LogP contribution in [0.3, 0.4) is 0 Å². The lowest BCUT2D eigenvalue weighted by atomic mass is 9.92. The fraction of sp³-hybridized carbons (Fsp3) is 0.571. The van der Waals surface area contributed by atoms with Crippen molar-refractivity contribution in [2.24, 2.45) is 0 Å². The Morgan fingerprint density at radius 3 is 2.50 bits per heavy atom. The molecule has 0 spiro atoms. The Morgan fingerprint density at radius 1 is 1.20 bits per heavy atom. The summed E-state index contributed by atoms with van der Waals surface area (Å²) in [6, 6.07) is 6.55. The van der Waals surface area contributed by atoms with Crippen molar-refractivity contribution in [3.8, 4) is 6.07 Å². The number of nitrogens with one attached hydrogen (secondary N) is 1. The second-order valence-electron chi connectivity index (χ2n) is 7.85. The number of ether oxygens (including phenoxy) is 1. The molecule has 1 atom stereocenters. The SMILES string of the molecule is Cc1cc(C#N)ccc1NC1CCC(OC(=O)[C@H]2CCCN2C(=O)C(F)(F)F)CC1. The molecule has 1 amide bonds. The standard InChI is InChI=1S/C21H24F3N3O3/c1-13-11-14(12-25)4-9-17(13)26-15-5-7-16(8-6-15)30-19(28)18-3-2-10-27(18)20(29)21(22,23)24/h4,9,11,15-16,18,26H,2-3,5-8,10H2,1H3/t15?,16?,18-/m1/s1. The van der Waals surface area contributed by atoms with Gasteiger partial charge in [0, 0.05) is 18.3 Å². The lowest BCUT2D eigenvalue weighted by Gasteiger charge is -2.31. The zero-order valence-corrected chi connectivity index (χ0v) is 16.7. The molecule has 0 unspecified atom stereocenters. The number of alkyl halides is 3. The van der Waals surface area contributed by atoms with Gasteiger partial charge in [0.1, 0.15) is 12.1 Å². The zero-order valence-electron chi connectivity index (χ0n) is 16.7. The third-order valence-corrected chi connectivity index (χ3v) is 5.70. The highest BCUT2D eigenvalue weighted by atomic mass is 19.4. The molecule has 1 N–H and O–H groups in total. The highest BCUT2D eigenvalue weighted by Crippen LogP contribution is 2.29. The van der Waals surface area contributed by atoms with Crippen LogP contribution < -0.4 is 5.32 Å². The van der Waals surface area contributed by atoms with E-state index in [1.54, 1.807) is 6.07 Å². The molecule has 1 aromatic carbocycles. The summed E-state index contributed by atoms with van der Waals surface area (Å²) >= 11 is 0. The molecule has 0 bridgehead atoms. The fourth-order valence-corrected chi connectivity index (χ4v) is 4.10. The lowest BCUT2D eigenvalue weighted by Crippen LogP contribution is -2.48. The van der Waals surface area contributed by atoms with E-state index in [9.17, 15) is 22.8 Å². The largest absolute Gasteiger partial charge is 0.471 e. The third kappa shape index (κ3) is 5.04. The number of hydrogen-bond acceptors (Lipinski definition) is 5. The summed E-state index contributed by atoms with van der Waals surface area (Å²) in [5, 5.41) is 12.4. The topological polar surface area (TPSA) is 82.4 Å². The second-order valence-corrected chi connectivity index (χ2v) is 7.85. The number of esters is 1. The second kappa shape index (κ2) is 8.94. The number of nitrogens with zero attached hydrogens (tertiary/aromatic N) is 2. The normalized spacial score (nSPS) is 24.2. The highest BCUT2D eigenvalue weighted by Gasteiger charge is 2.48. The number of benzene rings is 1. The van der Waals surface area contributed by atoms with Gasteiger partial charge in [-0.2, -0.15) is 18.4 Å². The number of likely N-dealkylation sites (tertiary alicyclic amines) is 1. The van der Waals surface area contributed by atoms with Crippen LogP contribution in [0.25, 0.3) is 0 Å². The van der Waals surface area contributed by atoms with Crippen LogP contribution in [0, 0.1) is 18.3 Å². The van der Waals surface area contributed by atoms with Crippen LogP contribution in [-0.2, 0) is 14.3 Å². The van der Waals surface area contributed by atoms with E-state index in [4.69, 9.17) is 10.00 Å². The molecule has 2 fully saturated rings. The van der Waals surface area contributed by atoms with E-state index in [1.165, 1.54) is 0 Å². The maximum Gasteiger partial charge on any atom is 0.471 e. The Morgan fingerprint density at radius 2 is 1.90 bits per heavy atom. The zero-order chi connectivity index (χ0) is 21.9. The van der Waals surface area contributed by atoms with Crippen LogP contribution in [0.4, 0.5) is 18.9 Å². The number of carbonyl (C=O) groups excluding carboxylic acids is 2. The molecule has 1 aliphatic heterocycles. The van der Waals surface area contributed by atoms with Crippen LogP contribution in [-0.4, -0.2) is 47.7 Å². The van der Waals surface area contributed by atoms with Crippen molar-refractivity contribution in [3.63, 3.8) is 0 Å². The van der Waals surface area contributed by atoms with Crippen molar-refractivity contribution in [1.82, 2.24) is 4.90 Å². The van der Waals surface area contributed by atoms with Crippen molar-refractivity contribution in [1.29, 1.82) is 5.26 Å². The van der Waals surface area contributed by atoms with Gasteiger partial charge in [0.2, 0.25) is 0 Å². The van der Waals surface area contributed by atoms with Gasteiger partial charge in [-0.3, -0.25) is 4.79 Å². The summed E-state index contributed by atoms with van der Waals surface area (Å²) in [6.45, 7) is 1.84. The molecule has 1 saturated heterocycles. The van der Waals surface area contributed by atoms with Gasteiger partial charge in [0.15, 0.2) is 0 Å². The molecular formula is C21H24F3N3O3. The van der Waals surface area contributed by atoms with E-state index in [-0.39, 0.29) is 25.1 Å². The monoisotopic (exact) mass is 423 g/mol. The quantitative estimate of drug-likeness (QED) is 0.747. The van der Waals surface area contributed by atoms with Crippen molar-refractivity contribution < 1.29 is 27.5 Å². The molecule has 2 aliphatic rings. The van der Waals surface area contributed by atoms with Crippen LogP contribution in [0.5, 0.6) is 0 Å². The average molecular weight is 423 g/mol. The predicted octanol–water partition coefficient (Wildman–Crippen LogP) is 3.69. The number of aryl methyl sites for hydroxylation is 1. The molecule has 3 rings (SSSR count). The van der Waals surface area contributed by atoms with E-state index < -0.39 is 24.1 Å². The molecule has 1 aliphatic carbocycles. The summed E-state index contributed by atoms with van der Waals surface area (Å²) < 4.78 is 43.6. The number of nitriles is 1. The van der Waals surface area contributed by atoms with Crippen LogP contribution in [0.15, 0.2) is 18.2 Å². The van der Waals surface area contributed by atoms with E-state index in [1.807, 2.05) is 19.1 Å². The van der Waals surface area contributed by atoms with Crippen LogP contribution in [0.1, 0.15) is 49.7 Å². The van der Waals surface area contributed by atoms with Gasteiger partial charge < -0.3 is 15.0 Å². The molecule has 1 aromatic rings. The predicted molar refractivity (Wildman–Crippen MR) is 102 cm³/mol. The van der Waals surface area contributed by atoms with E-state index in [0.717, 1.165) is 24.1 Å². The first-order chi connectivity index (χ1) is 14.2. The molecule has 0 radical (unpaired) electrons. The van der Waals surface area contributed by atoms with Gasteiger partial charge in [0.05, 0.1) is 11.6 Å². The molecule has 30 heavy (non-hydrogen) atoms. The maximum atomic E-state index is 12.7. The van der Waals surface area contributed by atoms with E-state index >= 15 is 0 Å². The summed E-state index contributed by atoms with van der Waals surface area (Å²) in [6.07, 6.45) is -2.13. The van der Waals surface area contributed by atoms with Crippen molar-refractivity contribution in [2.45, 2.75) is 69.8 Å². The Balaban J connectivity index is 1.50. The number of rotatable bonds is 4. The Labute approximate surface area is 173 Å². The molecule has 6 nitrogen and oxygen atoms in total. The lowest BCUT2D eigenvalue weighted by molar-refractivity contribution is -0.189. The first-order valence-electron chi connectivity index (χ1n) is 10.0. The summed E-state index contributed by atoms with van der Waals surface area (Å²) in [7, 11) is 0. The summed E-state index contributed by atoms with van der Waals surface area (Å²) in [5.74, 6) is -2.72. The Hall–Kier alpha value is -2.76. The van der Waals surface area contributed by atoms with Crippen molar-refractivity contribution in [2.75, 3.05) is 11.9 Å². The molecule has 162 valence electrons. The number of halogens is 3. The van der Waals surface area contributed by atoms with Gasteiger partial charge in [-0.1, -0.05) is 0 Å². The summed E-state index contributed by atoms with van der Waals surface area (Å²) in [5.41, 5.74) is 2.51. The average Bonchev–Trinajstić information content (AvgIpc) is 3.19. The maximum absolute atomic E-state index is 12.7. The number of carbonyl (C=O) groups is 2. The first-order valence-corrected chi connectivity index (χ1v) is 10.0. The van der Waals surface area contributed by atoms with Gasteiger partial charge >= 0.3 is 18.1 Å². The number of amides is 1. The molecule has 1 heterocycles. The van der Waals surface area contributed by atoms with Gasteiger partial charge in [0.25, 0.3) is 0 Å². The molecule has 0 aromatic heterocycles. The smallest absolute Gasteiger partial charge is 0.461 e. The highest BCUT2D eigenvalue weighted by molar-refractivity contribution is 5.88. The van der Waals surface area contributed by atoms with Gasteiger partial charge in [-0.25, -0.2) is 4.79 Å². The molecular weight excluding hydrogens is 399 g/mol. The van der Waals surface area contributed by atoms with Crippen molar-refractivity contribution in [3.05, 3.63) is 29.3 Å². The molecule has 1 saturated carbocycles. The van der Waals surface area contributed by atoms with E-state index in [0.29, 0.717) is 29.7 Å². The Bertz CT molecular complexity index is 842. The van der Waals surface area contributed by atoms with Gasteiger partial charge in [-0.05, 0) is 69.2 Å². The minimum atomic E-state index is -4.99. The first kappa shape index (κ1) is 21.9.